The number of aromatic nitrogens is 6. The number of hydrogen-bond acceptors (Lipinski definition) is 9. The molecule has 3 aromatic rings. The van der Waals surface area contributed by atoms with Crippen molar-refractivity contribution in [1.29, 1.82) is 0 Å². The Hall–Kier alpha value is -3.67. The summed E-state index contributed by atoms with van der Waals surface area (Å²) in [6.45, 7) is 10.8. The number of carbonyl (C=O) groups is 1. The fourth-order valence-electron chi connectivity index (χ4n) is 3.88. The van der Waals surface area contributed by atoms with Crippen molar-refractivity contribution < 1.29 is 19.0 Å². The summed E-state index contributed by atoms with van der Waals surface area (Å²) in [5.74, 6) is 1.94. The second-order valence-electron chi connectivity index (χ2n) is 9.48. The summed E-state index contributed by atoms with van der Waals surface area (Å²) in [6.07, 6.45) is 0.357. The highest BCUT2D eigenvalue weighted by Crippen LogP contribution is 2.34. The van der Waals surface area contributed by atoms with E-state index in [-0.39, 0.29) is 18.9 Å². The second kappa shape index (κ2) is 9.90. The maximum Gasteiger partial charge on any atom is 0.410 e. The van der Waals surface area contributed by atoms with Gasteiger partial charge in [-0.1, -0.05) is 0 Å². The average Bonchev–Trinajstić information content (AvgIpc) is 3.53. The largest absolute Gasteiger partial charge is 0.454 e. The fraction of sp³-hybridized carbons (Fsp3) is 0.522. The number of aromatic amines is 1. The van der Waals surface area contributed by atoms with Gasteiger partial charge in [0.15, 0.2) is 17.3 Å². The Morgan fingerprint density at radius 2 is 2.06 bits per heavy atom. The Bertz CT molecular complexity index is 1160. The van der Waals surface area contributed by atoms with E-state index in [9.17, 15) is 4.79 Å². The Morgan fingerprint density at radius 1 is 1.29 bits per heavy atom. The van der Waals surface area contributed by atoms with Crippen LogP contribution in [0.25, 0.3) is 5.69 Å². The van der Waals surface area contributed by atoms with Crippen molar-refractivity contribution in [2.75, 3.05) is 26.9 Å². The molecule has 35 heavy (non-hydrogen) atoms. The summed E-state index contributed by atoms with van der Waals surface area (Å²) >= 11 is 0. The van der Waals surface area contributed by atoms with Crippen molar-refractivity contribution in [2.45, 2.75) is 52.7 Å². The minimum Gasteiger partial charge on any atom is -0.454 e. The normalized spacial score (nSPS) is 13.7. The molecule has 1 amide bonds. The first-order valence-electron chi connectivity index (χ1n) is 11.5. The number of fused-ring (bicyclic) bond motifs is 1. The van der Waals surface area contributed by atoms with Crippen molar-refractivity contribution in [3.05, 3.63) is 41.0 Å². The molecular formula is C23H32N8O4. The standard InChI is InChI=1S/C23H32N8O4/c1-14-19(15(2)26-25-14)20(24-10-7-11-30(6)22(32)35-23(3,4)5)21-27-28-29-31(21)16-8-9-17-18(12-16)34-13-33-17/h8-9,12,20,24H,7,10-11,13H2,1-6H3,(H,25,26). The highest BCUT2D eigenvalue weighted by molar-refractivity contribution is 5.67. The number of nitrogens with one attached hydrogen (secondary N) is 2. The van der Waals surface area contributed by atoms with E-state index < -0.39 is 5.60 Å². The predicted octanol–water partition coefficient (Wildman–Crippen LogP) is 2.67. The minimum absolute atomic E-state index is 0.191. The van der Waals surface area contributed by atoms with Gasteiger partial charge >= 0.3 is 6.09 Å². The summed E-state index contributed by atoms with van der Waals surface area (Å²) in [5, 5.41) is 23.5. The number of nitrogens with zero attached hydrogens (tertiary/aromatic N) is 6. The lowest BCUT2D eigenvalue weighted by Gasteiger charge is -2.25. The van der Waals surface area contributed by atoms with Crippen LogP contribution in [0.1, 0.15) is 56.0 Å². The van der Waals surface area contributed by atoms with E-state index in [0.29, 0.717) is 36.8 Å². The lowest BCUT2D eigenvalue weighted by molar-refractivity contribution is 0.0297. The molecule has 1 atom stereocenters. The van der Waals surface area contributed by atoms with E-state index in [1.54, 1.807) is 16.6 Å². The molecule has 4 rings (SSSR count). The molecule has 0 spiro atoms. The number of tetrazole rings is 1. The first-order valence-corrected chi connectivity index (χ1v) is 11.5. The molecule has 0 saturated carbocycles. The van der Waals surface area contributed by atoms with Crippen LogP contribution in [0.15, 0.2) is 18.2 Å². The fourth-order valence-corrected chi connectivity index (χ4v) is 3.88. The molecule has 1 unspecified atom stereocenters. The SMILES string of the molecule is Cc1n[nH]c(C)c1C(NCCCN(C)C(=O)OC(C)(C)C)c1nnnn1-c1ccc2c(c1)OCO2. The lowest BCUT2D eigenvalue weighted by Crippen LogP contribution is -2.36. The van der Waals surface area contributed by atoms with E-state index in [1.165, 1.54) is 0 Å². The van der Waals surface area contributed by atoms with Gasteiger partial charge in [-0.25, -0.2) is 4.79 Å². The Balaban J connectivity index is 1.52. The van der Waals surface area contributed by atoms with Crippen molar-refractivity contribution in [3.63, 3.8) is 0 Å². The van der Waals surface area contributed by atoms with E-state index in [4.69, 9.17) is 14.2 Å². The van der Waals surface area contributed by atoms with Crippen LogP contribution in [0.2, 0.25) is 0 Å². The number of ether oxygens (including phenoxy) is 3. The van der Waals surface area contributed by atoms with Gasteiger partial charge in [-0.2, -0.15) is 9.78 Å². The van der Waals surface area contributed by atoms with Crippen molar-refractivity contribution in [2.24, 2.45) is 0 Å². The molecule has 1 aliphatic heterocycles. The van der Waals surface area contributed by atoms with E-state index in [1.807, 2.05) is 52.8 Å². The maximum absolute atomic E-state index is 12.3. The molecule has 0 saturated heterocycles. The minimum atomic E-state index is -0.531. The van der Waals surface area contributed by atoms with Gasteiger partial charge in [-0.05, 0) is 70.1 Å². The molecule has 12 nitrogen and oxygen atoms in total. The molecule has 2 aromatic heterocycles. The Labute approximate surface area is 203 Å². The molecule has 188 valence electrons. The van der Waals surface area contributed by atoms with Crippen LogP contribution in [0.4, 0.5) is 4.79 Å². The first-order chi connectivity index (χ1) is 16.6. The van der Waals surface area contributed by atoms with Gasteiger partial charge in [-0.3, -0.25) is 5.10 Å². The lowest BCUT2D eigenvalue weighted by atomic mass is 10.0. The van der Waals surface area contributed by atoms with Crippen LogP contribution in [0.3, 0.4) is 0 Å². The molecule has 0 bridgehead atoms. The summed E-state index contributed by atoms with van der Waals surface area (Å²) in [6, 6.07) is 5.24. The third-order valence-corrected chi connectivity index (χ3v) is 5.55. The van der Waals surface area contributed by atoms with Crippen LogP contribution in [0.5, 0.6) is 11.5 Å². The van der Waals surface area contributed by atoms with E-state index >= 15 is 0 Å². The zero-order valence-corrected chi connectivity index (χ0v) is 21.0. The number of benzene rings is 1. The number of hydrogen-bond donors (Lipinski definition) is 2. The molecule has 0 aliphatic carbocycles. The molecule has 12 heteroatoms. The topological polar surface area (TPSA) is 132 Å². The molecule has 1 aromatic carbocycles. The van der Waals surface area contributed by atoms with Crippen LogP contribution < -0.4 is 14.8 Å². The summed E-state index contributed by atoms with van der Waals surface area (Å²) < 4.78 is 18.1. The maximum atomic E-state index is 12.3. The predicted molar refractivity (Wildman–Crippen MR) is 127 cm³/mol. The third kappa shape index (κ3) is 5.53. The number of rotatable bonds is 8. The zero-order chi connectivity index (χ0) is 25.2. The second-order valence-corrected chi connectivity index (χ2v) is 9.48. The molecule has 0 fully saturated rings. The molecule has 0 radical (unpaired) electrons. The van der Waals surface area contributed by atoms with Crippen LogP contribution >= 0.6 is 0 Å². The van der Waals surface area contributed by atoms with Crippen LogP contribution in [0, 0.1) is 13.8 Å². The van der Waals surface area contributed by atoms with Crippen molar-refractivity contribution in [3.8, 4) is 17.2 Å². The van der Waals surface area contributed by atoms with Gasteiger partial charge in [-0.15, -0.1) is 5.10 Å². The van der Waals surface area contributed by atoms with Gasteiger partial charge < -0.3 is 24.4 Å². The molecular weight excluding hydrogens is 452 g/mol. The smallest absolute Gasteiger partial charge is 0.410 e. The number of amides is 1. The molecule has 1 aliphatic rings. The van der Waals surface area contributed by atoms with Gasteiger partial charge in [0, 0.05) is 30.9 Å². The summed E-state index contributed by atoms with van der Waals surface area (Å²) in [4.78, 5) is 13.8. The van der Waals surface area contributed by atoms with Crippen molar-refractivity contribution in [1.82, 2.24) is 40.6 Å². The van der Waals surface area contributed by atoms with E-state index in [2.05, 4.69) is 31.0 Å². The highest BCUT2D eigenvalue weighted by Gasteiger charge is 2.27. The monoisotopic (exact) mass is 484 g/mol. The van der Waals surface area contributed by atoms with Crippen LogP contribution in [-0.2, 0) is 4.74 Å². The third-order valence-electron chi connectivity index (χ3n) is 5.55. The highest BCUT2D eigenvalue weighted by atomic mass is 16.7. The molecule has 2 N–H and O–H groups in total. The van der Waals surface area contributed by atoms with Crippen molar-refractivity contribution >= 4 is 6.09 Å². The molecule has 3 heterocycles. The van der Waals surface area contributed by atoms with Gasteiger partial charge in [0.05, 0.1) is 17.4 Å². The Kier molecular flexibility index (Phi) is 6.92. The Morgan fingerprint density at radius 3 is 2.77 bits per heavy atom. The summed E-state index contributed by atoms with van der Waals surface area (Å²) in [5.41, 5.74) is 2.97. The summed E-state index contributed by atoms with van der Waals surface area (Å²) in [7, 11) is 1.73. The quantitative estimate of drug-likeness (QED) is 0.463. The zero-order valence-electron chi connectivity index (χ0n) is 21.0. The first kappa shape index (κ1) is 24.5. The number of H-pyrrole nitrogens is 1. The van der Waals surface area contributed by atoms with Crippen LogP contribution in [-0.4, -0.2) is 73.9 Å². The van der Waals surface area contributed by atoms with Gasteiger partial charge in [0.25, 0.3) is 0 Å². The number of carbonyl (C=O) groups excluding carboxylic acids is 1. The van der Waals surface area contributed by atoms with Gasteiger partial charge in [0.2, 0.25) is 6.79 Å². The number of aryl methyl sites for hydroxylation is 2. The average molecular weight is 485 g/mol. The van der Waals surface area contributed by atoms with E-state index in [0.717, 1.165) is 22.6 Å². The van der Waals surface area contributed by atoms with Gasteiger partial charge in [0.1, 0.15) is 5.60 Å².